The Balaban J connectivity index is 1.97. The maximum Gasteiger partial charge on any atom is 0.407 e. The van der Waals surface area contributed by atoms with Crippen molar-refractivity contribution in [1.29, 1.82) is 0 Å². The third-order valence-corrected chi connectivity index (χ3v) is 3.36. The van der Waals surface area contributed by atoms with E-state index in [0.717, 1.165) is 5.75 Å². The van der Waals surface area contributed by atoms with E-state index in [1.54, 1.807) is 20.8 Å². The Morgan fingerprint density at radius 3 is 2.07 bits per heavy atom. The van der Waals surface area contributed by atoms with Crippen molar-refractivity contribution in [3.8, 4) is 5.75 Å². The summed E-state index contributed by atoms with van der Waals surface area (Å²) in [5.41, 5.74) is -0.565. The molecule has 0 saturated carbocycles. The Hall–Kier alpha value is -2.77. The lowest BCUT2D eigenvalue weighted by Crippen LogP contribution is -2.35. The molecule has 0 fully saturated rings. The number of benzene rings is 1. The summed E-state index contributed by atoms with van der Waals surface area (Å²) in [6.07, 6.45) is 0.524. The molecular weight excluding hydrogens is 362 g/mol. The first-order valence-corrected chi connectivity index (χ1v) is 9.44. The van der Waals surface area contributed by atoms with Crippen molar-refractivity contribution in [2.75, 3.05) is 26.2 Å². The molecule has 0 saturated heterocycles. The van der Waals surface area contributed by atoms with E-state index in [9.17, 15) is 14.4 Å². The highest BCUT2D eigenvalue weighted by atomic mass is 16.6. The molecule has 1 aromatic carbocycles. The summed E-state index contributed by atoms with van der Waals surface area (Å²) in [4.78, 5) is 34.8. The van der Waals surface area contributed by atoms with Crippen molar-refractivity contribution in [3.63, 3.8) is 0 Å². The molecule has 0 aromatic heterocycles. The van der Waals surface area contributed by atoms with Crippen molar-refractivity contribution >= 4 is 17.9 Å². The monoisotopic (exact) mass is 393 g/mol. The Kier molecular flexibility index (Phi) is 10.5. The highest BCUT2D eigenvalue weighted by Crippen LogP contribution is 2.08. The fourth-order valence-corrected chi connectivity index (χ4v) is 2.09. The van der Waals surface area contributed by atoms with Gasteiger partial charge in [0.15, 0.2) is 0 Å². The second-order valence-electron chi connectivity index (χ2n) is 7.14. The molecule has 0 aliphatic heterocycles. The Morgan fingerprint density at radius 1 is 0.857 bits per heavy atom. The number of ether oxygens (including phenoxy) is 2. The number of rotatable bonds is 11. The van der Waals surface area contributed by atoms with Crippen LogP contribution in [0, 0.1) is 0 Å². The van der Waals surface area contributed by atoms with Gasteiger partial charge in [0.1, 0.15) is 11.4 Å². The molecule has 0 unspecified atom stereocenters. The maximum atomic E-state index is 11.7. The molecule has 1 rings (SSSR count). The van der Waals surface area contributed by atoms with E-state index in [1.807, 2.05) is 30.3 Å². The fraction of sp³-hybridized carbons (Fsp3) is 0.550. The van der Waals surface area contributed by atoms with Gasteiger partial charge in [0.2, 0.25) is 11.8 Å². The average molecular weight is 393 g/mol. The number of nitrogens with one attached hydrogen (secondary N) is 3. The van der Waals surface area contributed by atoms with Crippen LogP contribution in [0.15, 0.2) is 30.3 Å². The highest BCUT2D eigenvalue weighted by Gasteiger charge is 2.15. The summed E-state index contributed by atoms with van der Waals surface area (Å²) in [6, 6.07) is 9.32. The Morgan fingerprint density at radius 2 is 1.46 bits per heavy atom. The van der Waals surface area contributed by atoms with E-state index in [0.29, 0.717) is 26.1 Å². The predicted octanol–water partition coefficient (Wildman–Crippen LogP) is 1.99. The molecule has 28 heavy (non-hydrogen) atoms. The molecule has 3 amide bonds. The molecule has 156 valence electrons. The standard InChI is InChI=1S/C20H31N3O5/c1-20(2,3)28-19(26)23-14-10-17(24)21-12-7-13-22-18(25)11-15-27-16-8-5-4-6-9-16/h4-6,8-9H,7,10-15H2,1-3H3,(H,21,24)(H,22,25)(H,23,26). The second kappa shape index (κ2) is 12.6. The van der Waals surface area contributed by atoms with Crippen LogP contribution in [0.5, 0.6) is 5.75 Å². The van der Waals surface area contributed by atoms with Gasteiger partial charge in [0, 0.05) is 26.1 Å². The number of para-hydroxylation sites is 1. The molecule has 0 heterocycles. The first-order chi connectivity index (χ1) is 13.3. The number of alkyl carbamates (subject to hydrolysis) is 1. The Labute approximate surface area is 166 Å². The van der Waals surface area contributed by atoms with Gasteiger partial charge in [-0.15, -0.1) is 0 Å². The zero-order chi connectivity index (χ0) is 20.8. The van der Waals surface area contributed by atoms with Crippen LogP contribution in [0.2, 0.25) is 0 Å². The lowest BCUT2D eigenvalue weighted by molar-refractivity contribution is -0.121. The van der Waals surface area contributed by atoms with Gasteiger partial charge in [0.05, 0.1) is 13.0 Å². The number of carbonyl (C=O) groups excluding carboxylic acids is 3. The average Bonchev–Trinajstić information content (AvgIpc) is 2.61. The first kappa shape index (κ1) is 23.3. The molecule has 8 heteroatoms. The molecule has 8 nitrogen and oxygen atoms in total. The van der Waals surface area contributed by atoms with Gasteiger partial charge >= 0.3 is 6.09 Å². The van der Waals surface area contributed by atoms with Crippen molar-refractivity contribution in [3.05, 3.63) is 30.3 Å². The minimum Gasteiger partial charge on any atom is -0.493 e. The van der Waals surface area contributed by atoms with Gasteiger partial charge in [-0.1, -0.05) is 18.2 Å². The third-order valence-electron chi connectivity index (χ3n) is 3.36. The second-order valence-corrected chi connectivity index (χ2v) is 7.14. The smallest absolute Gasteiger partial charge is 0.407 e. The molecule has 0 radical (unpaired) electrons. The quantitative estimate of drug-likeness (QED) is 0.499. The van der Waals surface area contributed by atoms with Crippen LogP contribution in [0.4, 0.5) is 4.79 Å². The highest BCUT2D eigenvalue weighted by molar-refractivity contribution is 5.77. The van der Waals surface area contributed by atoms with Crippen LogP contribution < -0.4 is 20.7 Å². The van der Waals surface area contributed by atoms with E-state index >= 15 is 0 Å². The van der Waals surface area contributed by atoms with E-state index in [1.165, 1.54) is 0 Å². The molecular formula is C20H31N3O5. The summed E-state index contributed by atoms with van der Waals surface area (Å²) >= 11 is 0. The van der Waals surface area contributed by atoms with Crippen LogP contribution in [-0.2, 0) is 14.3 Å². The van der Waals surface area contributed by atoms with Gasteiger partial charge in [0.25, 0.3) is 0 Å². The van der Waals surface area contributed by atoms with Gasteiger partial charge < -0.3 is 25.4 Å². The molecule has 0 aliphatic rings. The topological polar surface area (TPSA) is 106 Å². The normalized spacial score (nSPS) is 10.7. The molecule has 3 N–H and O–H groups in total. The van der Waals surface area contributed by atoms with E-state index < -0.39 is 11.7 Å². The minimum atomic E-state index is -0.565. The summed E-state index contributed by atoms with van der Waals surface area (Å²) in [6.45, 7) is 6.76. The first-order valence-electron chi connectivity index (χ1n) is 9.44. The molecule has 0 atom stereocenters. The molecule has 0 aliphatic carbocycles. The van der Waals surface area contributed by atoms with Crippen molar-refractivity contribution < 1.29 is 23.9 Å². The predicted molar refractivity (Wildman–Crippen MR) is 106 cm³/mol. The van der Waals surface area contributed by atoms with Gasteiger partial charge in [-0.25, -0.2) is 4.79 Å². The minimum absolute atomic E-state index is 0.0937. The summed E-state index contributed by atoms with van der Waals surface area (Å²) in [7, 11) is 0. The van der Waals surface area contributed by atoms with E-state index in [-0.39, 0.29) is 31.2 Å². The summed E-state index contributed by atoms with van der Waals surface area (Å²) in [5.74, 6) is 0.474. The zero-order valence-electron chi connectivity index (χ0n) is 16.9. The maximum absolute atomic E-state index is 11.7. The van der Waals surface area contributed by atoms with Crippen molar-refractivity contribution in [2.24, 2.45) is 0 Å². The van der Waals surface area contributed by atoms with Gasteiger partial charge in [-0.05, 0) is 39.3 Å². The zero-order valence-corrected chi connectivity index (χ0v) is 16.9. The van der Waals surface area contributed by atoms with Crippen LogP contribution in [-0.4, -0.2) is 49.7 Å². The molecule has 1 aromatic rings. The number of hydrogen-bond acceptors (Lipinski definition) is 5. The van der Waals surface area contributed by atoms with Crippen LogP contribution in [0.25, 0.3) is 0 Å². The largest absolute Gasteiger partial charge is 0.493 e. The Bertz CT molecular complexity index is 614. The fourth-order valence-electron chi connectivity index (χ4n) is 2.09. The molecule has 0 spiro atoms. The molecule has 0 bridgehead atoms. The lowest BCUT2D eigenvalue weighted by Gasteiger charge is -2.19. The number of amides is 3. The van der Waals surface area contributed by atoms with Gasteiger partial charge in [-0.3, -0.25) is 9.59 Å². The SMILES string of the molecule is CC(C)(C)OC(=O)NCCC(=O)NCCCNC(=O)CCOc1ccccc1. The van der Waals surface area contributed by atoms with Crippen LogP contribution in [0.1, 0.15) is 40.0 Å². The van der Waals surface area contributed by atoms with E-state index in [4.69, 9.17) is 9.47 Å². The third kappa shape index (κ3) is 12.6. The number of hydrogen-bond donors (Lipinski definition) is 3. The van der Waals surface area contributed by atoms with Crippen LogP contribution in [0.3, 0.4) is 0 Å². The number of carbonyl (C=O) groups is 3. The van der Waals surface area contributed by atoms with Gasteiger partial charge in [-0.2, -0.15) is 0 Å². The van der Waals surface area contributed by atoms with Crippen molar-refractivity contribution in [1.82, 2.24) is 16.0 Å². The summed E-state index contributed by atoms with van der Waals surface area (Å²) in [5, 5.41) is 8.04. The van der Waals surface area contributed by atoms with E-state index in [2.05, 4.69) is 16.0 Å². The summed E-state index contributed by atoms with van der Waals surface area (Å²) < 4.78 is 10.5. The van der Waals surface area contributed by atoms with Crippen molar-refractivity contribution in [2.45, 2.75) is 45.6 Å². The van der Waals surface area contributed by atoms with Crippen LogP contribution >= 0.6 is 0 Å². The lowest BCUT2D eigenvalue weighted by atomic mass is 10.2.